The molecular formula is C17H20N4O. The van der Waals surface area contributed by atoms with Crippen LogP contribution in [-0.2, 0) is 4.79 Å². The summed E-state index contributed by atoms with van der Waals surface area (Å²) in [5.74, 6) is -0.114. The summed E-state index contributed by atoms with van der Waals surface area (Å²) < 4.78 is 0. The van der Waals surface area contributed by atoms with Crippen molar-refractivity contribution in [3.63, 3.8) is 0 Å². The summed E-state index contributed by atoms with van der Waals surface area (Å²) in [6.07, 6.45) is 0.759. The highest BCUT2D eigenvalue weighted by Gasteiger charge is 2.26. The number of nitrogens with zero attached hydrogens (tertiary/aromatic N) is 1. The Morgan fingerprint density at radius 1 is 1.18 bits per heavy atom. The standard InChI is InChI=1S/C17H20N4O/c1-11-10-16(20-18-11)17(22)21-19-12(2)14-9-5-7-13-6-3-4-8-15(13)14/h3-9,11,16,18,20H,10H2,1-2H3,(H,21,22)/b19-12-. The van der Waals surface area contributed by atoms with E-state index in [0.29, 0.717) is 6.04 Å². The monoisotopic (exact) mass is 296 g/mol. The van der Waals surface area contributed by atoms with Crippen molar-refractivity contribution in [2.75, 3.05) is 0 Å². The second-order valence-corrected chi connectivity index (χ2v) is 5.68. The summed E-state index contributed by atoms with van der Waals surface area (Å²) in [6, 6.07) is 14.3. The molecule has 114 valence electrons. The lowest BCUT2D eigenvalue weighted by Gasteiger charge is -2.09. The maximum absolute atomic E-state index is 12.1. The van der Waals surface area contributed by atoms with Gasteiger partial charge in [0.2, 0.25) is 0 Å². The number of benzene rings is 2. The van der Waals surface area contributed by atoms with Crippen LogP contribution in [0.4, 0.5) is 0 Å². The molecule has 1 heterocycles. The minimum absolute atomic E-state index is 0.114. The van der Waals surface area contributed by atoms with Crippen LogP contribution in [0.2, 0.25) is 0 Å². The van der Waals surface area contributed by atoms with Crippen molar-refractivity contribution in [2.24, 2.45) is 5.10 Å². The van der Waals surface area contributed by atoms with Gasteiger partial charge < -0.3 is 0 Å². The maximum atomic E-state index is 12.1. The summed E-state index contributed by atoms with van der Waals surface area (Å²) in [7, 11) is 0. The highest BCUT2D eigenvalue weighted by atomic mass is 16.2. The number of carbonyl (C=O) groups excluding carboxylic acids is 1. The first-order valence-electron chi connectivity index (χ1n) is 7.48. The molecule has 2 aromatic rings. The van der Waals surface area contributed by atoms with Crippen molar-refractivity contribution >= 4 is 22.4 Å². The third-order valence-corrected chi connectivity index (χ3v) is 3.92. The molecule has 0 aliphatic carbocycles. The van der Waals surface area contributed by atoms with E-state index in [-0.39, 0.29) is 11.9 Å². The van der Waals surface area contributed by atoms with Gasteiger partial charge in [0.1, 0.15) is 6.04 Å². The molecule has 0 bridgehead atoms. The Morgan fingerprint density at radius 2 is 1.95 bits per heavy atom. The molecule has 2 aromatic carbocycles. The lowest BCUT2D eigenvalue weighted by molar-refractivity contribution is -0.122. The van der Waals surface area contributed by atoms with Gasteiger partial charge in [0.25, 0.3) is 5.91 Å². The third kappa shape index (κ3) is 3.00. The van der Waals surface area contributed by atoms with E-state index in [0.717, 1.165) is 28.5 Å². The first-order valence-corrected chi connectivity index (χ1v) is 7.48. The van der Waals surface area contributed by atoms with Crippen LogP contribution in [0.1, 0.15) is 25.8 Å². The molecule has 3 rings (SSSR count). The van der Waals surface area contributed by atoms with E-state index in [1.807, 2.05) is 38.1 Å². The molecule has 3 N–H and O–H groups in total. The number of amides is 1. The molecule has 1 fully saturated rings. The first kappa shape index (κ1) is 14.7. The molecule has 0 saturated carbocycles. The lowest BCUT2D eigenvalue weighted by atomic mass is 10.0. The zero-order chi connectivity index (χ0) is 15.5. The Bertz CT molecular complexity index is 720. The van der Waals surface area contributed by atoms with Crippen LogP contribution in [0, 0.1) is 0 Å². The molecule has 2 atom stereocenters. The van der Waals surface area contributed by atoms with Crippen molar-refractivity contribution in [2.45, 2.75) is 32.4 Å². The number of carbonyl (C=O) groups is 1. The van der Waals surface area contributed by atoms with Gasteiger partial charge in [0, 0.05) is 11.6 Å². The topological polar surface area (TPSA) is 65.5 Å². The van der Waals surface area contributed by atoms with Crippen LogP contribution < -0.4 is 16.3 Å². The normalized spacial score (nSPS) is 22.0. The number of hydrazine groups is 1. The predicted octanol–water partition coefficient (Wildman–Crippen LogP) is 1.94. The Balaban J connectivity index is 1.77. The Morgan fingerprint density at radius 3 is 2.73 bits per heavy atom. The molecule has 1 aliphatic heterocycles. The summed E-state index contributed by atoms with van der Waals surface area (Å²) in [5.41, 5.74) is 10.5. The fourth-order valence-corrected chi connectivity index (χ4v) is 2.70. The van der Waals surface area contributed by atoms with Crippen molar-refractivity contribution in [1.29, 1.82) is 0 Å². The first-order chi connectivity index (χ1) is 10.6. The van der Waals surface area contributed by atoms with Crippen molar-refractivity contribution in [1.82, 2.24) is 16.3 Å². The van der Waals surface area contributed by atoms with E-state index >= 15 is 0 Å². The molecule has 2 unspecified atom stereocenters. The van der Waals surface area contributed by atoms with E-state index in [2.05, 4.69) is 39.6 Å². The summed E-state index contributed by atoms with van der Waals surface area (Å²) in [5, 5.41) is 6.56. The molecule has 5 nitrogen and oxygen atoms in total. The Labute approximate surface area is 129 Å². The molecule has 1 amide bonds. The zero-order valence-corrected chi connectivity index (χ0v) is 12.8. The van der Waals surface area contributed by atoms with Crippen LogP contribution in [0.5, 0.6) is 0 Å². The molecule has 5 heteroatoms. The SMILES string of the molecule is C/C(=N/NC(=O)C1CC(C)NN1)c1cccc2ccccc12. The quantitative estimate of drug-likeness (QED) is 0.599. The highest BCUT2D eigenvalue weighted by Crippen LogP contribution is 2.19. The number of fused-ring (bicyclic) bond motifs is 1. The molecule has 0 aromatic heterocycles. The number of hydrazone groups is 1. The van der Waals surface area contributed by atoms with Crippen LogP contribution in [0.3, 0.4) is 0 Å². The van der Waals surface area contributed by atoms with E-state index < -0.39 is 0 Å². The number of nitrogens with one attached hydrogen (secondary N) is 3. The van der Waals surface area contributed by atoms with E-state index in [1.165, 1.54) is 0 Å². The molecule has 0 spiro atoms. The average Bonchev–Trinajstić information content (AvgIpc) is 2.98. The maximum Gasteiger partial charge on any atom is 0.258 e. The third-order valence-electron chi connectivity index (χ3n) is 3.92. The minimum atomic E-state index is -0.237. The fraction of sp³-hybridized carbons (Fsp3) is 0.294. The van der Waals surface area contributed by atoms with Crippen molar-refractivity contribution in [3.05, 3.63) is 48.0 Å². The Kier molecular flexibility index (Phi) is 4.18. The number of hydrogen-bond acceptors (Lipinski definition) is 4. The number of hydrogen-bond donors (Lipinski definition) is 3. The molecule has 1 aliphatic rings. The largest absolute Gasteiger partial charge is 0.271 e. The van der Waals surface area contributed by atoms with Gasteiger partial charge in [-0.1, -0.05) is 42.5 Å². The average molecular weight is 296 g/mol. The van der Waals surface area contributed by atoms with Crippen molar-refractivity contribution in [3.8, 4) is 0 Å². The summed E-state index contributed by atoms with van der Waals surface area (Å²) in [4.78, 5) is 12.1. The molecule has 1 saturated heterocycles. The van der Waals surface area contributed by atoms with Crippen LogP contribution in [-0.4, -0.2) is 23.7 Å². The second-order valence-electron chi connectivity index (χ2n) is 5.68. The van der Waals surface area contributed by atoms with Gasteiger partial charge in [0.15, 0.2) is 0 Å². The van der Waals surface area contributed by atoms with Crippen LogP contribution >= 0.6 is 0 Å². The van der Waals surface area contributed by atoms with Gasteiger partial charge in [-0.05, 0) is 31.0 Å². The highest BCUT2D eigenvalue weighted by molar-refractivity contribution is 6.10. The van der Waals surface area contributed by atoms with Crippen molar-refractivity contribution < 1.29 is 4.79 Å². The predicted molar refractivity (Wildman–Crippen MR) is 88.4 cm³/mol. The smallest absolute Gasteiger partial charge is 0.258 e. The van der Waals surface area contributed by atoms with E-state index in [4.69, 9.17) is 0 Å². The summed E-state index contributed by atoms with van der Waals surface area (Å²) in [6.45, 7) is 3.94. The van der Waals surface area contributed by atoms with Gasteiger partial charge in [-0.2, -0.15) is 5.10 Å². The molecular weight excluding hydrogens is 276 g/mol. The van der Waals surface area contributed by atoms with Gasteiger partial charge in [-0.3, -0.25) is 10.2 Å². The van der Waals surface area contributed by atoms with Gasteiger partial charge in [-0.25, -0.2) is 10.9 Å². The van der Waals surface area contributed by atoms with Gasteiger partial charge >= 0.3 is 0 Å². The summed E-state index contributed by atoms with van der Waals surface area (Å²) >= 11 is 0. The lowest BCUT2D eigenvalue weighted by Crippen LogP contribution is -2.42. The van der Waals surface area contributed by atoms with Gasteiger partial charge in [-0.15, -0.1) is 0 Å². The van der Waals surface area contributed by atoms with Crippen LogP contribution in [0.15, 0.2) is 47.6 Å². The molecule has 22 heavy (non-hydrogen) atoms. The minimum Gasteiger partial charge on any atom is -0.271 e. The number of rotatable bonds is 3. The molecule has 0 radical (unpaired) electrons. The van der Waals surface area contributed by atoms with Crippen LogP contribution in [0.25, 0.3) is 10.8 Å². The Hall–Kier alpha value is -2.24. The second kappa shape index (κ2) is 6.25. The van der Waals surface area contributed by atoms with Gasteiger partial charge in [0.05, 0.1) is 5.71 Å². The van der Waals surface area contributed by atoms with E-state index in [9.17, 15) is 4.79 Å². The van der Waals surface area contributed by atoms with E-state index in [1.54, 1.807) is 0 Å². The zero-order valence-electron chi connectivity index (χ0n) is 12.8. The fourth-order valence-electron chi connectivity index (χ4n) is 2.70.